The second-order valence-corrected chi connectivity index (χ2v) is 7.15. The highest BCUT2D eigenvalue weighted by Crippen LogP contribution is 2.29. The van der Waals surface area contributed by atoms with Crippen molar-refractivity contribution in [2.75, 3.05) is 38.2 Å². The van der Waals surface area contributed by atoms with Gasteiger partial charge in [0.25, 0.3) is 0 Å². The fraction of sp³-hybridized carbons (Fsp3) is 0.333. The standard InChI is InChI=1S/C21H26N2O5S/c1-14(18-11-17(27-3)9-10-19(18)28-4)22-20(24)12-29-13-21(25)23-15-5-7-16(26-2)8-6-15/h5-11,14H,12-13H2,1-4H3,(H,22,24)(H,23,25)/t14-/m1/s1. The van der Waals surface area contributed by atoms with Crippen LogP contribution in [0.2, 0.25) is 0 Å². The monoisotopic (exact) mass is 418 g/mol. The molecule has 0 spiro atoms. The van der Waals surface area contributed by atoms with Crippen LogP contribution in [0.3, 0.4) is 0 Å². The smallest absolute Gasteiger partial charge is 0.234 e. The predicted octanol–water partition coefficient (Wildman–Crippen LogP) is 3.26. The van der Waals surface area contributed by atoms with Crippen molar-refractivity contribution in [3.8, 4) is 17.2 Å². The largest absolute Gasteiger partial charge is 0.497 e. The Bertz CT molecular complexity index is 826. The van der Waals surface area contributed by atoms with Crippen LogP contribution in [0, 0.1) is 0 Å². The molecule has 29 heavy (non-hydrogen) atoms. The van der Waals surface area contributed by atoms with Gasteiger partial charge in [-0.1, -0.05) is 0 Å². The maximum Gasteiger partial charge on any atom is 0.234 e. The molecule has 2 aromatic carbocycles. The molecule has 0 bridgehead atoms. The summed E-state index contributed by atoms with van der Waals surface area (Å²) in [6, 6.07) is 12.2. The van der Waals surface area contributed by atoms with Crippen molar-refractivity contribution in [3.05, 3.63) is 48.0 Å². The molecule has 0 aliphatic rings. The molecule has 0 aliphatic heterocycles. The van der Waals surface area contributed by atoms with Gasteiger partial charge in [0.2, 0.25) is 11.8 Å². The van der Waals surface area contributed by atoms with E-state index in [0.717, 1.165) is 11.3 Å². The van der Waals surface area contributed by atoms with E-state index in [1.54, 1.807) is 57.7 Å². The van der Waals surface area contributed by atoms with Crippen LogP contribution in [-0.4, -0.2) is 44.6 Å². The second-order valence-electron chi connectivity index (χ2n) is 6.17. The Balaban J connectivity index is 1.79. The molecule has 0 radical (unpaired) electrons. The predicted molar refractivity (Wildman–Crippen MR) is 115 cm³/mol. The number of amides is 2. The topological polar surface area (TPSA) is 85.9 Å². The van der Waals surface area contributed by atoms with Crippen LogP contribution in [0.1, 0.15) is 18.5 Å². The second kappa shape index (κ2) is 11.2. The zero-order valence-electron chi connectivity index (χ0n) is 17.0. The normalized spacial score (nSPS) is 11.3. The van der Waals surface area contributed by atoms with E-state index < -0.39 is 0 Å². The number of nitrogens with one attached hydrogen (secondary N) is 2. The molecular formula is C21H26N2O5S. The Morgan fingerprint density at radius 3 is 2.14 bits per heavy atom. The highest BCUT2D eigenvalue weighted by atomic mass is 32.2. The summed E-state index contributed by atoms with van der Waals surface area (Å²) in [4.78, 5) is 24.3. The first kappa shape index (κ1) is 22.4. The van der Waals surface area contributed by atoms with Crippen LogP contribution < -0.4 is 24.8 Å². The van der Waals surface area contributed by atoms with Gasteiger partial charge in [-0.05, 0) is 49.4 Å². The van der Waals surface area contributed by atoms with E-state index in [9.17, 15) is 9.59 Å². The molecule has 0 saturated heterocycles. The third-order valence-corrected chi connectivity index (χ3v) is 5.05. The Morgan fingerprint density at radius 2 is 1.52 bits per heavy atom. The number of hydrogen-bond donors (Lipinski definition) is 2. The van der Waals surface area contributed by atoms with Crippen LogP contribution in [0.5, 0.6) is 17.2 Å². The third-order valence-electron chi connectivity index (χ3n) is 4.12. The lowest BCUT2D eigenvalue weighted by atomic mass is 10.1. The van der Waals surface area contributed by atoms with Gasteiger partial charge in [-0.15, -0.1) is 11.8 Å². The molecule has 2 rings (SSSR count). The van der Waals surface area contributed by atoms with Crippen LogP contribution in [0.25, 0.3) is 0 Å². The number of carbonyl (C=O) groups excluding carboxylic acids is 2. The van der Waals surface area contributed by atoms with Gasteiger partial charge in [-0.3, -0.25) is 9.59 Å². The summed E-state index contributed by atoms with van der Waals surface area (Å²) in [7, 11) is 4.75. The van der Waals surface area contributed by atoms with E-state index in [2.05, 4.69) is 10.6 Å². The minimum absolute atomic E-state index is 0.162. The molecular weight excluding hydrogens is 392 g/mol. The lowest BCUT2D eigenvalue weighted by molar-refractivity contribution is -0.119. The van der Waals surface area contributed by atoms with E-state index in [0.29, 0.717) is 17.2 Å². The van der Waals surface area contributed by atoms with Crippen molar-refractivity contribution >= 4 is 29.3 Å². The van der Waals surface area contributed by atoms with Crippen molar-refractivity contribution in [1.29, 1.82) is 0 Å². The van der Waals surface area contributed by atoms with E-state index in [1.165, 1.54) is 11.8 Å². The Morgan fingerprint density at radius 1 is 0.897 bits per heavy atom. The zero-order valence-corrected chi connectivity index (χ0v) is 17.8. The average molecular weight is 419 g/mol. The molecule has 2 amide bonds. The van der Waals surface area contributed by atoms with Gasteiger partial charge in [0, 0.05) is 11.3 Å². The Labute approximate surface area is 175 Å². The summed E-state index contributed by atoms with van der Waals surface area (Å²) in [6.45, 7) is 1.87. The average Bonchev–Trinajstić information content (AvgIpc) is 2.73. The number of ether oxygens (including phenoxy) is 3. The summed E-state index contributed by atoms with van der Waals surface area (Å²) < 4.78 is 15.7. The number of benzene rings is 2. The molecule has 7 nitrogen and oxygen atoms in total. The van der Waals surface area contributed by atoms with Crippen molar-refractivity contribution in [2.24, 2.45) is 0 Å². The number of hydrogen-bond acceptors (Lipinski definition) is 6. The van der Waals surface area contributed by atoms with Crippen molar-refractivity contribution in [2.45, 2.75) is 13.0 Å². The van der Waals surface area contributed by atoms with Gasteiger partial charge in [0.1, 0.15) is 17.2 Å². The number of thioether (sulfide) groups is 1. The van der Waals surface area contributed by atoms with Crippen LogP contribution in [0.4, 0.5) is 5.69 Å². The van der Waals surface area contributed by atoms with Crippen molar-refractivity contribution in [3.63, 3.8) is 0 Å². The maximum atomic E-state index is 12.2. The van der Waals surface area contributed by atoms with Gasteiger partial charge in [0.15, 0.2) is 0 Å². The molecule has 8 heteroatoms. The van der Waals surface area contributed by atoms with Crippen molar-refractivity contribution < 1.29 is 23.8 Å². The zero-order chi connectivity index (χ0) is 21.2. The first-order valence-corrected chi connectivity index (χ1v) is 10.1. The van der Waals surface area contributed by atoms with Crippen LogP contribution >= 0.6 is 11.8 Å². The SMILES string of the molecule is COc1ccc(NC(=O)CSCC(=O)N[C@H](C)c2cc(OC)ccc2OC)cc1. The molecule has 0 fully saturated rings. The Hall–Kier alpha value is -2.87. The van der Waals surface area contributed by atoms with Crippen molar-refractivity contribution in [1.82, 2.24) is 5.32 Å². The first-order chi connectivity index (χ1) is 14.0. The third kappa shape index (κ3) is 6.90. The summed E-state index contributed by atoms with van der Waals surface area (Å²) in [5, 5.41) is 5.70. The molecule has 0 heterocycles. The molecule has 0 unspecified atom stereocenters. The minimum atomic E-state index is -0.263. The summed E-state index contributed by atoms with van der Waals surface area (Å²) in [5.41, 5.74) is 1.50. The van der Waals surface area contributed by atoms with E-state index in [-0.39, 0.29) is 29.4 Å². The van der Waals surface area contributed by atoms with E-state index in [4.69, 9.17) is 14.2 Å². The summed E-state index contributed by atoms with van der Waals surface area (Å²) in [5.74, 6) is 2.09. The lowest BCUT2D eigenvalue weighted by Gasteiger charge is -2.18. The Kier molecular flexibility index (Phi) is 8.67. The summed E-state index contributed by atoms with van der Waals surface area (Å²) >= 11 is 1.25. The fourth-order valence-electron chi connectivity index (χ4n) is 2.65. The highest BCUT2D eigenvalue weighted by molar-refractivity contribution is 8.00. The first-order valence-electron chi connectivity index (χ1n) is 8.99. The van der Waals surface area contributed by atoms with Crippen LogP contribution in [-0.2, 0) is 9.59 Å². The fourth-order valence-corrected chi connectivity index (χ4v) is 3.27. The molecule has 0 aliphatic carbocycles. The summed E-state index contributed by atoms with van der Waals surface area (Å²) in [6.07, 6.45) is 0. The maximum absolute atomic E-state index is 12.2. The number of methoxy groups -OCH3 is 3. The lowest BCUT2D eigenvalue weighted by Crippen LogP contribution is -2.29. The highest BCUT2D eigenvalue weighted by Gasteiger charge is 2.15. The molecule has 2 aromatic rings. The number of carbonyl (C=O) groups is 2. The molecule has 1 atom stereocenters. The molecule has 0 aromatic heterocycles. The van der Waals surface area contributed by atoms with Gasteiger partial charge in [0.05, 0.1) is 38.9 Å². The molecule has 156 valence electrons. The van der Waals surface area contributed by atoms with Gasteiger partial charge in [-0.25, -0.2) is 0 Å². The number of anilines is 1. The molecule has 0 saturated carbocycles. The quantitative estimate of drug-likeness (QED) is 0.616. The number of rotatable bonds is 10. The van der Waals surface area contributed by atoms with E-state index >= 15 is 0 Å². The van der Waals surface area contributed by atoms with E-state index in [1.807, 2.05) is 13.0 Å². The van der Waals surface area contributed by atoms with Gasteiger partial charge >= 0.3 is 0 Å². The minimum Gasteiger partial charge on any atom is -0.497 e. The van der Waals surface area contributed by atoms with Gasteiger partial charge < -0.3 is 24.8 Å². The molecule has 2 N–H and O–H groups in total. The van der Waals surface area contributed by atoms with Crippen LogP contribution in [0.15, 0.2) is 42.5 Å². The van der Waals surface area contributed by atoms with Gasteiger partial charge in [-0.2, -0.15) is 0 Å².